The Morgan fingerprint density at radius 2 is 2.19 bits per heavy atom. The number of nitrogens with zero attached hydrogens (tertiary/aromatic N) is 1. The average molecular weight is 285 g/mol. The molecule has 0 amide bonds. The van der Waals surface area contributed by atoms with Crippen molar-refractivity contribution in [3.8, 4) is 5.75 Å². The molecule has 0 aromatic heterocycles. The molecule has 0 saturated carbocycles. The molecular weight excluding hydrogens is 258 g/mol. The molecule has 0 bridgehead atoms. The zero-order valence-electron chi connectivity index (χ0n) is 13.4. The van der Waals surface area contributed by atoms with Gasteiger partial charge in [0.2, 0.25) is 0 Å². The summed E-state index contributed by atoms with van der Waals surface area (Å²) in [6, 6.07) is 8.55. The molecule has 3 rings (SSSR count). The van der Waals surface area contributed by atoms with Gasteiger partial charge in [0.1, 0.15) is 5.75 Å². The zero-order chi connectivity index (χ0) is 14.7. The van der Waals surface area contributed by atoms with Crippen molar-refractivity contribution in [3.05, 3.63) is 41.0 Å². The van der Waals surface area contributed by atoms with Gasteiger partial charge in [-0.1, -0.05) is 23.3 Å². The molecule has 0 radical (unpaired) electrons. The molecule has 1 aliphatic heterocycles. The van der Waals surface area contributed by atoms with Crippen LogP contribution in [-0.2, 0) is 6.42 Å². The number of benzene rings is 1. The Bertz CT molecular complexity index is 520. The van der Waals surface area contributed by atoms with Crippen LogP contribution >= 0.6 is 0 Å². The number of likely N-dealkylation sites (N-methyl/N-ethyl adjacent to an activating group) is 1. The van der Waals surface area contributed by atoms with Gasteiger partial charge in [0.25, 0.3) is 0 Å². The molecule has 1 aromatic rings. The quantitative estimate of drug-likeness (QED) is 0.774. The normalized spacial score (nSPS) is 23.0. The van der Waals surface area contributed by atoms with E-state index in [1.54, 1.807) is 12.7 Å². The standard InChI is InChI=1S/C19H27NO/c1-20-12-11-19-16(6-4-7-17(19)14-20)10-9-15-5-3-8-18(13-15)21-2/h3,5,8,13,16H,4,6-7,9-12,14H2,1-2H3. The van der Waals surface area contributed by atoms with Crippen molar-refractivity contribution in [2.24, 2.45) is 5.92 Å². The highest BCUT2D eigenvalue weighted by Crippen LogP contribution is 2.37. The van der Waals surface area contributed by atoms with E-state index in [4.69, 9.17) is 4.74 Å². The fourth-order valence-electron chi connectivity index (χ4n) is 3.95. The fraction of sp³-hybridized carbons (Fsp3) is 0.579. The minimum Gasteiger partial charge on any atom is -0.497 e. The van der Waals surface area contributed by atoms with E-state index in [-0.39, 0.29) is 0 Å². The lowest BCUT2D eigenvalue weighted by Gasteiger charge is -2.36. The molecule has 1 aromatic carbocycles. The maximum atomic E-state index is 5.33. The predicted octanol–water partition coefficient (Wildman–Crippen LogP) is 4.06. The van der Waals surface area contributed by atoms with Crippen molar-refractivity contribution in [2.75, 3.05) is 27.2 Å². The van der Waals surface area contributed by atoms with Crippen molar-refractivity contribution in [1.82, 2.24) is 4.90 Å². The predicted molar refractivity (Wildman–Crippen MR) is 87.8 cm³/mol. The van der Waals surface area contributed by atoms with Crippen LogP contribution in [0, 0.1) is 5.92 Å². The van der Waals surface area contributed by atoms with E-state index in [1.807, 2.05) is 11.6 Å². The summed E-state index contributed by atoms with van der Waals surface area (Å²) in [5.41, 5.74) is 4.97. The van der Waals surface area contributed by atoms with E-state index in [2.05, 4.69) is 30.1 Å². The van der Waals surface area contributed by atoms with Gasteiger partial charge in [0, 0.05) is 13.1 Å². The number of ether oxygens (including phenoxy) is 1. The third-order valence-corrected chi connectivity index (χ3v) is 5.12. The van der Waals surface area contributed by atoms with E-state index < -0.39 is 0 Å². The van der Waals surface area contributed by atoms with Crippen LogP contribution < -0.4 is 4.74 Å². The molecule has 0 N–H and O–H groups in total. The van der Waals surface area contributed by atoms with E-state index in [9.17, 15) is 0 Å². The highest BCUT2D eigenvalue weighted by molar-refractivity contribution is 5.29. The second kappa shape index (κ2) is 6.65. The lowest BCUT2D eigenvalue weighted by atomic mass is 9.77. The van der Waals surface area contributed by atoms with E-state index in [1.165, 1.54) is 57.2 Å². The first-order valence-electron chi connectivity index (χ1n) is 8.28. The van der Waals surface area contributed by atoms with Crippen LogP contribution in [0.1, 0.15) is 37.7 Å². The molecule has 0 fully saturated rings. The number of hydrogen-bond donors (Lipinski definition) is 0. The highest BCUT2D eigenvalue weighted by Gasteiger charge is 2.26. The number of rotatable bonds is 4. The first-order chi connectivity index (χ1) is 10.3. The third-order valence-electron chi connectivity index (χ3n) is 5.12. The summed E-state index contributed by atoms with van der Waals surface area (Å²) in [4.78, 5) is 2.48. The summed E-state index contributed by atoms with van der Waals surface area (Å²) < 4.78 is 5.33. The lowest BCUT2D eigenvalue weighted by Crippen LogP contribution is -2.31. The van der Waals surface area contributed by atoms with Crippen molar-refractivity contribution in [1.29, 1.82) is 0 Å². The van der Waals surface area contributed by atoms with Crippen molar-refractivity contribution >= 4 is 0 Å². The summed E-state index contributed by atoms with van der Waals surface area (Å²) in [6.07, 6.45) is 7.90. The van der Waals surface area contributed by atoms with Crippen LogP contribution in [0.25, 0.3) is 0 Å². The van der Waals surface area contributed by atoms with Gasteiger partial charge in [-0.3, -0.25) is 0 Å². The Morgan fingerprint density at radius 3 is 3.05 bits per heavy atom. The summed E-state index contributed by atoms with van der Waals surface area (Å²) in [5.74, 6) is 1.81. The molecule has 0 spiro atoms. The summed E-state index contributed by atoms with van der Waals surface area (Å²) >= 11 is 0. The number of hydrogen-bond acceptors (Lipinski definition) is 2. The average Bonchev–Trinajstić information content (AvgIpc) is 2.52. The smallest absolute Gasteiger partial charge is 0.119 e. The largest absolute Gasteiger partial charge is 0.497 e. The second-order valence-corrected chi connectivity index (χ2v) is 6.60. The first-order valence-corrected chi connectivity index (χ1v) is 8.28. The summed E-state index contributed by atoms with van der Waals surface area (Å²) in [7, 11) is 4.00. The molecule has 1 unspecified atom stereocenters. The van der Waals surface area contributed by atoms with Crippen LogP contribution in [-0.4, -0.2) is 32.1 Å². The first kappa shape index (κ1) is 14.6. The molecule has 0 saturated heterocycles. The Kier molecular flexibility index (Phi) is 4.64. The molecule has 1 heterocycles. The van der Waals surface area contributed by atoms with Crippen molar-refractivity contribution < 1.29 is 4.74 Å². The number of methoxy groups -OCH3 is 1. The van der Waals surface area contributed by atoms with Gasteiger partial charge < -0.3 is 9.64 Å². The Balaban J connectivity index is 1.65. The summed E-state index contributed by atoms with van der Waals surface area (Å²) in [6.45, 7) is 2.46. The lowest BCUT2D eigenvalue weighted by molar-refractivity contribution is 0.308. The maximum Gasteiger partial charge on any atom is 0.119 e. The van der Waals surface area contributed by atoms with Crippen LogP contribution in [0.5, 0.6) is 5.75 Å². The van der Waals surface area contributed by atoms with Crippen LogP contribution in [0.4, 0.5) is 0 Å². The summed E-state index contributed by atoms with van der Waals surface area (Å²) in [5, 5.41) is 0. The van der Waals surface area contributed by atoms with Gasteiger partial charge in [-0.15, -0.1) is 0 Å². The highest BCUT2D eigenvalue weighted by atomic mass is 16.5. The van der Waals surface area contributed by atoms with E-state index >= 15 is 0 Å². The van der Waals surface area contributed by atoms with E-state index in [0.717, 1.165) is 11.7 Å². The molecule has 21 heavy (non-hydrogen) atoms. The third kappa shape index (κ3) is 3.49. The fourth-order valence-corrected chi connectivity index (χ4v) is 3.95. The van der Waals surface area contributed by atoms with Gasteiger partial charge in [0.05, 0.1) is 7.11 Å². The molecular formula is C19H27NO. The van der Waals surface area contributed by atoms with Crippen LogP contribution in [0.2, 0.25) is 0 Å². The minimum atomic E-state index is 0.827. The number of aryl methyl sites for hydroxylation is 1. The molecule has 1 atom stereocenters. The molecule has 2 nitrogen and oxygen atoms in total. The molecule has 2 heteroatoms. The van der Waals surface area contributed by atoms with E-state index in [0.29, 0.717) is 0 Å². The second-order valence-electron chi connectivity index (χ2n) is 6.60. The van der Waals surface area contributed by atoms with Crippen LogP contribution in [0.15, 0.2) is 35.4 Å². The van der Waals surface area contributed by atoms with Gasteiger partial charge in [0.15, 0.2) is 0 Å². The Hall–Kier alpha value is -1.28. The SMILES string of the molecule is COc1cccc(CCC2CCCC3=C2CCN(C)C3)c1. The van der Waals surface area contributed by atoms with Gasteiger partial charge >= 0.3 is 0 Å². The Morgan fingerprint density at radius 1 is 1.29 bits per heavy atom. The molecule has 114 valence electrons. The topological polar surface area (TPSA) is 12.5 Å². The van der Waals surface area contributed by atoms with Gasteiger partial charge in [-0.05, 0) is 69.2 Å². The van der Waals surface area contributed by atoms with Crippen LogP contribution in [0.3, 0.4) is 0 Å². The zero-order valence-corrected chi connectivity index (χ0v) is 13.4. The van der Waals surface area contributed by atoms with Gasteiger partial charge in [-0.25, -0.2) is 0 Å². The van der Waals surface area contributed by atoms with Crippen molar-refractivity contribution in [2.45, 2.75) is 38.5 Å². The monoisotopic (exact) mass is 285 g/mol. The molecule has 1 aliphatic carbocycles. The van der Waals surface area contributed by atoms with Gasteiger partial charge in [-0.2, -0.15) is 0 Å². The minimum absolute atomic E-state index is 0.827. The Labute approximate surface area is 128 Å². The molecule has 2 aliphatic rings. The maximum absolute atomic E-state index is 5.33. The van der Waals surface area contributed by atoms with Crippen molar-refractivity contribution in [3.63, 3.8) is 0 Å².